The Bertz CT molecular complexity index is 852. The van der Waals surface area contributed by atoms with Gasteiger partial charge in [0.2, 0.25) is 0 Å². The molecule has 2 atom stereocenters. The highest BCUT2D eigenvalue weighted by molar-refractivity contribution is 5.96. The smallest absolute Gasteiger partial charge is 0.259 e. The summed E-state index contributed by atoms with van der Waals surface area (Å²) in [6, 6.07) is 8.66. The normalized spacial score (nSPS) is 22.2. The second kappa shape index (κ2) is 7.80. The minimum Gasteiger partial charge on any atom is -0.497 e. The third-order valence-corrected chi connectivity index (χ3v) is 5.93. The number of fused-ring (bicyclic) bond motifs is 1. The number of aromatic nitrogens is 1. The summed E-state index contributed by atoms with van der Waals surface area (Å²) in [5.41, 5.74) is 2.50. The zero-order valence-electron chi connectivity index (χ0n) is 16.7. The van der Waals surface area contributed by atoms with E-state index in [9.17, 15) is 4.79 Å². The molecule has 0 unspecified atom stereocenters. The zero-order chi connectivity index (χ0) is 19.7. The summed E-state index contributed by atoms with van der Waals surface area (Å²) in [4.78, 5) is 17.3. The number of carbonyl (C=O) groups is 1. The number of aryl methyl sites for hydroxylation is 2. The Morgan fingerprint density at radius 2 is 2.07 bits per heavy atom. The molecule has 0 aliphatic carbocycles. The maximum atomic E-state index is 12.8. The van der Waals surface area contributed by atoms with Crippen molar-refractivity contribution in [2.24, 2.45) is 5.92 Å². The molecule has 6 heteroatoms. The Hall–Kier alpha value is -2.60. The number of rotatable bonds is 5. The highest BCUT2D eigenvalue weighted by Gasteiger charge is 2.43. The summed E-state index contributed by atoms with van der Waals surface area (Å²) in [5.74, 6) is 2.12. The van der Waals surface area contributed by atoms with E-state index in [4.69, 9.17) is 9.26 Å². The van der Waals surface area contributed by atoms with E-state index < -0.39 is 0 Å². The Kier molecular flexibility index (Phi) is 5.22. The Balaban J connectivity index is 1.29. The van der Waals surface area contributed by atoms with Crippen molar-refractivity contribution >= 4 is 12.0 Å². The minimum atomic E-state index is 0.0625. The molecule has 0 N–H and O–H groups in total. The van der Waals surface area contributed by atoms with Gasteiger partial charge in [-0.1, -0.05) is 29.4 Å². The molecule has 2 saturated heterocycles. The lowest BCUT2D eigenvalue weighted by atomic mass is 9.82. The summed E-state index contributed by atoms with van der Waals surface area (Å²) in [5, 5.41) is 3.92. The van der Waals surface area contributed by atoms with E-state index in [1.807, 2.05) is 24.0 Å². The molecule has 3 heterocycles. The van der Waals surface area contributed by atoms with E-state index >= 15 is 0 Å². The van der Waals surface area contributed by atoms with Crippen molar-refractivity contribution in [1.82, 2.24) is 15.0 Å². The molecule has 2 aliphatic rings. The molecule has 1 aromatic heterocycles. The molecule has 2 aliphatic heterocycles. The van der Waals surface area contributed by atoms with Gasteiger partial charge in [-0.3, -0.25) is 9.69 Å². The first-order chi connectivity index (χ1) is 13.6. The van der Waals surface area contributed by atoms with Crippen LogP contribution in [0.1, 0.15) is 33.8 Å². The van der Waals surface area contributed by atoms with Gasteiger partial charge in [0, 0.05) is 38.1 Å². The number of carbonyl (C=O) groups excluding carboxylic acids is 1. The zero-order valence-corrected chi connectivity index (χ0v) is 16.7. The molecule has 0 spiro atoms. The van der Waals surface area contributed by atoms with Crippen molar-refractivity contribution in [3.05, 3.63) is 52.9 Å². The van der Waals surface area contributed by atoms with E-state index in [1.54, 1.807) is 14.0 Å². The van der Waals surface area contributed by atoms with Crippen LogP contribution in [0.2, 0.25) is 0 Å². The predicted molar refractivity (Wildman–Crippen MR) is 107 cm³/mol. The molecule has 0 bridgehead atoms. The predicted octanol–water partition coefficient (Wildman–Crippen LogP) is 3.16. The monoisotopic (exact) mass is 381 g/mol. The van der Waals surface area contributed by atoms with Crippen LogP contribution in [-0.2, 0) is 0 Å². The van der Waals surface area contributed by atoms with Crippen LogP contribution in [0.25, 0.3) is 6.08 Å². The van der Waals surface area contributed by atoms with E-state index in [-0.39, 0.29) is 5.91 Å². The first-order valence-electron chi connectivity index (χ1n) is 9.83. The van der Waals surface area contributed by atoms with Crippen LogP contribution >= 0.6 is 0 Å². The van der Waals surface area contributed by atoms with Gasteiger partial charge in [-0.15, -0.1) is 0 Å². The van der Waals surface area contributed by atoms with Gasteiger partial charge in [0.1, 0.15) is 17.1 Å². The topological polar surface area (TPSA) is 58.8 Å². The van der Waals surface area contributed by atoms with E-state index in [0.717, 1.165) is 38.3 Å². The average molecular weight is 381 g/mol. The maximum Gasteiger partial charge on any atom is 0.259 e. The van der Waals surface area contributed by atoms with Gasteiger partial charge in [0.25, 0.3) is 5.91 Å². The molecular weight excluding hydrogens is 354 g/mol. The summed E-state index contributed by atoms with van der Waals surface area (Å²) in [6.45, 7) is 7.25. The Morgan fingerprint density at radius 3 is 2.71 bits per heavy atom. The standard InChI is InChI=1S/C22H27N3O3/c1-15-21(16(2)28-23-15)22(26)25-12-10-20-18(14-25)13-24(20)11-4-5-17-6-8-19(27-3)9-7-17/h4-9,18,20H,10-14H2,1-3H3/t18-,20+/m1/s1. The van der Waals surface area contributed by atoms with Crippen LogP contribution in [-0.4, -0.2) is 60.2 Å². The molecule has 2 fully saturated rings. The number of benzene rings is 1. The van der Waals surface area contributed by atoms with Gasteiger partial charge < -0.3 is 14.2 Å². The third kappa shape index (κ3) is 3.56. The number of hydrogen-bond acceptors (Lipinski definition) is 5. The molecule has 1 amide bonds. The molecule has 28 heavy (non-hydrogen) atoms. The second-order valence-corrected chi connectivity index (χ2v) is 7.70. The summed E-state index contributed by atoms with van der Waals surface area (Å²) in [6.07, 6.45) is 5.40. The lowest BCUT2D eigenvalue weighted by Crippen LogP contribution is -2.63. The lowest BCUT2D eigenvalue weighted by molar-refractivity contribution is -0.0292. The van der Waals surface area contributed by atoms with Crippen molar-refractivity contribution in [2.45, 2.75) is 26.3 Å². The van der Waals surface area contributed by atoms with E-state index in [0.29, 0.717) is 29.0 Å². The summed E-state index contributed by atoms with van der Waals surface area (Å²) >= 11 is 0. The van der Waals surface area contributed by atoms with E-state index in [1.165, 1.54) is 5.56 Å². The summed E-state index contributed by atoms with van der Waals surface area (Å²) in [7, 11) is 1.68. The molecule has 2 aromatic rings. The van der Waals surface area contributed by atoms with Crippen molar-refractivity contribution in [3.63, 3.8) is 0 Å². The molecular formula is C22H27N3O3. The van der Waals surface area contributed by atoms with Crippen LogP contribution < -0.4 is 4.74 Å². The van der Waals surface area contributed by atoms with Crippen LogP contribution in [0.15, 0.2) is 34.9 Å². The number of nitrogens with zero attached hydrogens (tertiary/aromatic N) is 3. The number of amides is 1. The molecule has 4 rings (SSSR count). The first-order valence-corrected chi connectivity index (χ1v) is 9.83. The fraction of sp³-hybridized carbons (Fsp3) is 0.455. The number of likely N-dealkylation sites (tertiary alicyclic amines) is 2. The highest BCUT2D eigenvalue weighted by atomic mass is 16.5. The number of methoxy groups -OCH3 is 1. The minimum absolute atomic E-state index is 0.0625. The molecule has 0 radical (unpaired) electrons. The quantitative estimate of drug-likeness (QED) is 0.796. The van der Waals surface area contributed by atoms with Crippen LogP contribution in [0.4, 0.5) is 0 Å². The van der Waals surface area contributed by atoms with E-state index in [2.05, 4.69) is 34.3 Å². The van der Waals surface area contributed by atoms with Gasteiger partial charge >= 0.3 is 0 Å². The van der Waals surface area contributed by atoms with Crippen molar-refractivity contribution in [3.8, 4) is 5.75 Å². The first kappa shape index (κ1) is 18.7. The van der Waals surface area contributed by atoms with Gasteiger partial charge in [0.15, 0.2) is 0 Å². The van der Waals surface area contributed by atoms with Crippen molar-refractivity contribution < 1.29 is 14.1 Å². The second-order valence-electron chi connectivity index (χ2n) is 7.70. The highest BCUT2D eigenvalue weighted by Crippen LogP contribution is 2.33. The average Bonchev–Trinajstić information content (AvgIpc) is 3.03. The Labute approximate surface area is 165 Å². The Morgan fingerprint density at radius 1 is 1.29 bits per heavy atom. The number of hydrogen-bond donors (Lipinski definition) is 0. The molecule has 6 nitrogen and oxygen atoms in total. The summed E-state index contributed by atoms with van der Waals surface area (Å²) < 4.78 is 10.4. The number of ether oxygens (including phenoxy) is 1. The molecule has 1 aromatic carbocycles. The van der Waals surface area contributed by atoms with Crippen molar-refractivity contribution in [1.29, 1.82) is 0 Å². The number of piperidine rings is 1. The fourth-order valence-corrected chi connectivity index (χ4v) is 4.36. The van der Waals surface area contributed by atoms with Gasteiger partial charge in [-0.2, -0.15) is 0 Å². The van der Waals surface area contributed by atoms with Crippen LogP contribution in [0.3, 0.4) is 0 Å². The fourth-order valence-electron chi connectivity index (χ4n) is 4.36. The van der Waals surface area contributed by atoms with Gasteiger partial charge in [-0.25, -0.2) is 0 Å². The van der Waals surface area contributed by atoms with Crippen LogP contribution in [0, 0.1) is 19.8 Å². The largest absolute Gasteiger partial charge is 0.497 e. The van der Waals surface area contributed by atoms with Crippen LogP contribution in [0.5, 0.6) is 5.75 Å². The maximum absolute atomic E-state index is 12.8. The van der Waals surface area contributed by atoms with Crippen molar-refractivity contribution in [2.75, 3.05) is 33.3 Å². The van der Waals surface area contributed by atoms with Gasteiger partial charge in [0.05, 0.1) is 12.8 Å². The third-order valence-electron chi connectivity index (χ3n) is 5.93. The molecule has 0 saturated carbocycles. The van der Waals surface area contributed by atoms with Gasteiger partial charge in [-0.05, 0) is 38.0 Å². The SMILES string of the molecule is COc1ccc(C=CCN2C[C@@H]3CN(C(=O)c4c(C)noc4C)CC[C@@H]32)cc1. The molecule has 148 valence electrons. The lowest BCUT2D eigenvalue weighted by Gasteiger charge is -2.53.